The van der Waals surface area contributed by atoms with E-state index in [9.17, 15) is 4.79 Å². The zero-order valence-electron chi connectivity index (χ0n) is 12.0. The van der Waals surface area contributed by atoms with Gasteiger partial charge in [0.1, 0.15) is 5.60 Å². The smallest absolute Gasteiger partial charge is 0.410 e. The summed E-state index contributed by atoms with van der Waals surface area (Å²) in [6.07, 6.45) is 1.60. The van der Waals surface area contributed by atoms with Crippen LogP contribution in [-0.4, -0.2) is 23.1 Å². The molecule has 0 spiro atoms. The van der Waals surface area contributed by atoms with Crippen molar-refractivity contribution < 1.29 is 9.53 Å². The van der Waals surface area contributed by atoms with Gasteiger partial charge in [-0.3, -0.25) is 0 Å². The van der Waals surface area contributed by atoms with Gasteiger partial charge < -0.3 is 9.64 Å². The molecule has 1 aromatic carbocycles. The van der Waals surface area contributed by atoms with Crippen molar-refractivity contribution in [2.45, 2.75) is 45.3 Å². The van der Waals surface area contributed by atoms with Gasteiger partial charge in [-0.2, -0.15) is 0 Å². The Labute approximate surface area is 129 Å². The third-order valence-corrected chi connectivity index (χ3v) is 3.95. The van der Waals surface area contributed by atoms with Crippen LogP contribution in [0.5, 0.6) is 0 Å². The molecule has 0 aromatic heterocycles. The molecular weight excluding hydrogens is 297 g/mol. The van der Waals surface area contributed by atoms with Crippen molar-refractivity contribution in [3.8, 4) is 0 Å². The third-order valence-electron chi connectivity index (χ3n) is 3.21. The Bertz CT molecular complexity index is 511. The van der Waals surface area contributed by atoms with Gasteiger partial charge >= 0.3 is 6.09 Å². The number of ether oxygens (including phenoxy) is 1. The fourth-order valence-electron chi connectivity index (χ4n) is 2.37. The molecule has 0 saturated carbocycles. The standard InChI is InChI=1S/C15H19Cl2NO2/c1-15(2,3)20-14(19)18-8-4-5-13(18)10-6-7-11(16)12(17)9-10/h6-7,9,13H,4-5,8H2,1-3H3. The van der Waals surface area contributed by atoms with Crippen molar-refractivity contribution in [1.82, 2.24) is 4.90 Å². The first kappa shape index (κ1) is 15.5. The third kappa shape index (κ3) is 3.58. The summed E-state index contributed by atoms with van der Waals surface area (Å²) >= 11 is 12.0. The van der Waals surface area contributed by atoms with Crippen molar-refractivity contribution in [3.05, 3.63) is 33.8 Å². The Morgan fingerprint density at radius 3 is 2.60 bits per heavy atom. The van der Waals surface area contributed by atoms with Gasteiger partial charge in [0.25, 0.3) is 0 Å². The molecule has 1 heterocycles. The van der Waals surface area contributed by atoms with Crippen LogP contribution in [0.2, 0.25) is 10.0 Å². The molecule has 1 unspecified atom stereocenters. The van der Waals surface area contributed by atoms with E-state index in [2.05, 4.69) is 0 Å². The molecule has 0 bridgehead atoms. The Hall–Kier alpha value is -0.930. The summed E-state index contributed by atoms with van der Waals surface area (Å²) in [4.78, 5) is 14.0. The van der Waals surface area contributed by atoms with Crippen LogP contribution < -0.4 is 0 Å². The maximum Gasteiger partial charge on any atom is 0.410 e. The lowest BCUT2D eigenvalue weighted by atomic mass is 10.0. The van der Waals surface area contributed by atoms with Crippen LogP contribution in [0.4, 0.5) is 4.79 Å². The second kappa shape index (κ2) is 5.82. The van der Waals surface area contributed by atoms with Crippen LogP contribution >= 0.6 is 23.2 Å². The molecule has 1 saturated heterocycles. The number of hydrogen-bond acceptors (Lipinski definition) is 2. The molecule has 1 amide bonds. The summed E-state index contributed by atoms with van der Waals surface area (Å²) in [6, 6.07) is 5.53. The molecule has 0 N–H and O–H groups in total. The van der Waals surface area contributed by atoms with Crippen LogP contribution in [0.3, 0.4) is 0 Å². The number of hydrogen-bond donors (Lipinski definition) is 0. The summed E-state index contributed by atoms with van der Waals surface area (Å²) in [5, 5.41) is 1.04. The fraction of sp³-hybridized carbons (Fsp3) is 0.533. The van der Waals surface area contributed by atoms with Gasteiger partial charge in [0.05, 0.1) is 16.1 Å². The molecule has 1 atom stereocenters. The van der Waals surface area contributed by atoms with E-state index in [1.165, 1.54) is 0 Å². The number of nitrogens with zero attached hydrogens (tertiary/aromatic N) is 1. The molecule has 1 fully saturated rings. The Balaban J connectivity index is 2.18. The van der Waals surface area contributed by atoms with E-state index in [0.717, 1.165) is 18.4 Å². The van der Waals surface area contributed by atoms with E-state index in [4.69, 9.17) is 27.9 Å². The quantitative estimate of drug-likeness (QED) is 0.724. The molecule has 110 valence electrons. The van der Waals surface area contributed by atoms with E-state index in [0.29, 0.717) is 16.6 Å². The van der Waals surface area contributed by atoms with Crippen LogP contribution in [0.25, 0.3) is 0 Å². The van der Waals surface area contributed by atoms with Gasteiger partial charge in [-0.1, -0.05) is 29.3 Å². The van der Waals surface area contributed by atoms with E-state index in [-0.39, 0.29) is 12.1 Å². The Morgan fingerprint density at radius 1 is 1.30 bits per heavy atom. The number of benzene rings is 1. The molecule has 1 aromatic rings. The number of amides is 1. The van der Waals surface area contributed by atoms with Crippen molar-refractivity contribution in [1.29, 1.82) is 0 Å². The van der Waals surface area contributed by atoms with Gasteiger partial charge in [0, 0.05) is 6.54 Å². The molecule has 0 aliphatic carbocycles. The SMILES string of the molecule is CC(C)(C)OC(=O)N1CCCC1c1ccc(Cl)c(Cl)c1. The summed E-state index contributed by atoms with van der Waals surface area (Å²) in [6.45, 7) is 6.32. The molecule has 2 rings (SSSR count). The molecule has 1 aliphatic rings. The predicted molar refractivity (Wildman–Crippen MR) is 81.4 cm³/mol. The highest BCUT2D eigenvalue weighted by molar-refractivity contribution is 6.42. The highest BCUT2D eigenvalue weighted by Gasteiger charge is 2.33. The Morgan fingerprint density at radius 2 is 2.00 bits per heavy atom. The number of carbonyl (C=O) groups is 1. The van der Waals surface area contributed by atoms with Crippen molar-refractivity contribution in [2.75, 3.05) is 6.54 Å². The Kier molecular flexibility index (Phi) is 4.50. The van der Waals surface area contributed by atoms with E-state index >= 15 is 0 Å². The fourth-order valence-corrected chi connectivity index (χ4v) is 2.68. The van der Waals surface area contributed by atoms with Crippen molar-refractivity contribution in [2.24, 2.45) is 0 Å². The second-order valence-corrected chi connectivity index (χ2v) is 6.82. The maximum absolute atomic E-state index is 12.2. The molecule has 1 aliphatic heterocycles. The first-order valence-corrected chi connectivity index (χ1v) is 7.48. The first-order chi connectivity index (χ1) is 9.28. The monoisotopic (exact) mass is 315 g/mol. The van der Waals surface area contributed by atoms with Crippen LogP contribution in [0, 0.1) is 0 Å². The second-order valence-electron chi connectivity index (χ2n) is 6.01. The van der Waals surface area contributed by atoms with Crippen molar-refractivity contribution in [3.63, 3.8) is 0 Å². The topological polar surface area (TPSA) is 29.5 Å². The average Bonchev–Trinajstić information content (AvgIpc) is 2.79. The number of rotatable bonds is 1. The van der Waals surface area contributed by atoms with Gasteiger partial charge in [0.15, 0.2) is 0 Å². The van der Waals surface area contributed by atoms with Gasteiger partial charge in [-0.05, 0) is 51.3 Å². The molecular formula is C15H19Cl2NO2. The number of likely N-dealkylation sites (tertiary alicyclic amines) is 1. The minimum absolute atomic E-state index is 0.0135. The number of carbonyl (C=O) groups excluding carboxylic acids is 1. The van der Waals surface area contributed by atoms with Gasteiger partial charge in [0.2, 0.25) is 0 Å². The minimum Gasteiger partial charge on any atom is -0.444 e. The normalized spacial score (nSPS) is 19.2. The zero-order chi connectivity index (χ0) is 14.9. The lowest BCUT2D eigenvalue weighted by Gasteiger charge is -2.29. The number of halogens is 2. The predicted octanol–water partition coefficient (Wildman–Crippen LogP) is 5.07. The molecule has 0 radical (unpaired) electrons. The average molecular weight is 316 g/mol. The van der Waals surface area contributed by atoms with Crippen LogP contribution in [-0.2, 0) is 4.74 Å². The van der Waals surface area contributed by atoms with E-state index < -0.39 is 5.60 Å². The van der Waals surface area contributed by atoms with Gasteiger partial charge in [-0.25, -0.2) is 4.79 Å². The maximum atomic E-state index is 12.2. The molecule has 5 heteroatoms. The molecule has 3 nitrogen and oxygen atoms in total. The van der Waals surface area contributed by atoms with Crippen molar-refractivity contribution >= 4 is 29.3 Å². The summed E-state index contributed by atoms with van der Waals surface area (Å²) in [7, 11) is 0. The summed E-state index contributed by atoms with van der Waals surface area (Å²) in [5.74, 6) is 0. The van der Waals surface area contributed by atoms with Crippen LogP contribution in [0.1, 0.15) is 45.2 Å². The van der Waals surface area contributed by atoms with Crippen LogP contribution in [0.15, 0.2) is 18.2 Å². The summed E-state index contributed by atoms with van der Waals surface area (Å²) < 4.78 is 5.46. The lowest BCUT2D eigenvalue weighted by molar-refractivity contribution is 0.0224. The largest absolute Gasteiger partial charge is 0.444 e. The molecule has 20 heavy (non-hydrogen) atoms. The van der Waals surface area contributed by atoms with Gasteiger partial charge in [-0.15, -0.1) is 0 Å². The lowest BCUT2D eigenvalue weighted by Crippen LogP contribution is -2.36. The zero-order valence-corrected chi connectivity index (χ0v) is 13.5. The highest BCUT2D eigenvalue weighted by atomic mass is 35.5. The highest BCUT2D eigenvalue weighted by Crippen LogP contribution is 2.35. The summed E-state index contributed by atoms with van der Waals surface area (Å²) in [5.41, 5.74) is 0.518. The van der Waals surface area contributed by atoms with E-state index in [1.807, 2.05) is 32.9 Å². The first-order valence-electron chi connectivity index (χ1n) is 6.72. The minimum atomic E-state index is -0.484. The van der Waals surface area contributed by atoms with E-state index in [1.54, 1.807) is 11.0 Å².